The minimum absolute atomic E-state index is 0.0630. The summed E-state index contributed by atoms with van der Waals surface area (Å²) in [4.78, 5) is 0. The van der Waals surface area contributed by atoms with Crippen LogP contribution in [0.2, 0.25) is 0 Å². The monoisotopic (exact) mass is 256 g/mol. The van der Waals surface area contributed by atoms with Gasteiger partial charge in [0.05, 0.1) is 5.25 Å². The smallest absolute Gasteiger partial charge is 0.228 e. The highest BCUT2D eigenvalue weighted by atomic mass is 32.2. The molecule has 0 aromatic rings. The van der Waals surface area contributed by atoms with Crippen LogP contribution < -0.4 is 0 Å². The van der Waals surface area contributed by atoms with E-state index in [4.69, 9.17) is 0 Å². The van der Waals surface area contributed by atoms with Gasteiger partial charge in [-0.25, -0.2) is 8.42 Å². The second kappa shape index (κ2) is 4.00. The molecule has 15 heavy (non-hydrogen) atoms. The van der Waals surface area contributed by atoms with Crippen LogP contribution in [0.4, 0.5) is 0 Å². The summed E-state index contributed by atoms with van der Waals surface area (Å²) in [5.74, 6) is 0.0630. The van der Waals surface area contributed by atoms with Crippen molar-refractivity contribution in [2.24, 2.45) is 0 Å². The first-order valence-electron chi connectivity index (χ1n) is 4.61. The van der Waals surface area contributed by atoms with Crippen molar-refractivity contribution in [3.8, 4) is 0 Å². The van der Waals surface area contributed by atoms with E-state index in [1.54, 1.807) is 6.92 Å². The molecule has 0 unspecified atom stereocenters. The summed E-state index contributed by atoms with van der Waals surface area (Å²) in [6, 6.07) is 0. The van der Waals surface area contributed by atoms with Gasteiger partial charge in [-0.15, -0.1) is 0 Å². The number of nitrogens with zero attached hydrogens (tertiary/aromatic N) is 2. The molecule has 6 nitrogen and oxygen atoms in total. The Morgan fingerprint density at radius 3 is 2.00 bits per heavy atom. The third-order valence-electron chi connectivity index (χ3n) is 2.51. The minimum atomic E-state index is -3.44. The molecule has 1 fully saturated rings. The predicted octanol–water partition coefficient (Wildman–Crippen LogP) is -1.09. The molecular weight excluding hydrogens is 240 g/mol. The minimum Gasteiger partial charge on any atom is -0.228 e. The molecule has 1 aliphatic rings. The zero-order chi connectivity index (χ0) is 11.9. The van der Waals surface area contributed by atoms with Crippen molar-refractivity contribution in [2.75, 3.05) is 32.9 Å². The maximum Gasteiger partial charge on any atom is 0.281 e. The zero-order valence-electron chi connectivity index (χ0n) is 9.04. The van der Waals surface area contributed by atoms with Crippen molar-refractivity contribution in [1.29, 1.82) is 0 Å². The third kappa shape index (κ3) is 2.32. The first kappa shape index (κ1) is 12.9. The van der Waals surface area contributed by atoms with Crippen LogP contribution in [-0.2, 0) is 20.0 Å². The van der Waals surface area contributed by atoms with Gasteiger partial charge in [-0.05, 0) is 0 Å². The van der Waals surface area contributed by atoms with Gasteiger partial charge in [0.2, 0.25) is 0 Å². The van der Waals surface area contributed by atoms with Gasteiger partial charge in [0.25, 0.3) is 10.2 Å². The summed E-state index contributed by atoms with van der Waals surface area (Å²) in [7, 11) is -3.69. The molecule has 1 rings (SSSR count). The highest BCUT2D eigenvalue weighted by Crippen LogP contribution is 2.21. The summed E-state index contributed by atoms with van der Waals surface area (Å²) >= 11 is 0. The predicted molar refractivity (Wildman–Crippen MR) is 57.4 cm³/mol. The Bertz CT molecular complexity index is 420. The summed E-state index contributed by atoms with van der Waals surface area (Å²) in [5.41, 5.74) is 0. The number of sulfone groups is 1. The van der Waals surface area contributed by atoms with E-state index < -0.39 is 25.3 Å². The largest absolute Gasteiger partial charge is 0.281 e. The second-order valence-corrected chi connectivity index (χ2v) is 8.39. The standard InChI is InChI=1S/C7H16N2O4S2/c1-4-14(10,11)7-5-9(6-7)15(12,13)8(2)3/h7H,4-6H2,1-3H3. The molecule has 0 aliphatic carbocycles. The number of hydrogen-bond acceptors (Lipinski definition) is 4. The molecule has 1 saturated heterocycles. The van der Waals surface area contributed by atoms with Crippen molar-refractivity contribution < 1.29 is 16.8 Å². The Hall–Kier alpha value is -0.180. The van der Waals surface area contributed by atoms with E-state index in [9.17, 15) is 16.8 Å². The molecular formula is C7H16N2O4S2. The lowest BCUT2D eigenvalue weighted by Gasteiger charge is -2.38. The van der Waals surface area contributed by atoms with Gasteiger partial charge < -0.3 is 0 Å². The molecule has 0 N–H and O–H groups in total. The summed E-state index contributed by atoms with van der Waals surface area (Å²) in [6.45, 7) is 1.73. The summed E-state index contributed by atoms with van der Waals surface area (Å²) < 4.78 is 48.1. The lowest BCUT2D eigenvalue weighted by molar-refractivity contribution is 0.290. The van der Waals surface area contributed by atoms with E-state index in [0.29, 0.717) is 0 Å². The fourth-order valence-corrected chi connectivity index (χ4v) is 3.96. The van der Waals surface area contributed by atoms with E-state index in [0.717, 1.165) is 4.31 Å². The lowest BCUT2D eigenvalue weighted by Crippen LogP contribution is -2.59. The first-order chi connectivity index (χ1) is 6.71. The average Bonchev–Trinajstić information content (AvgIpc) is 2.00. The van der Waals surface area contributed by atoms with Crippen LogP contribution in [-0.4, -0.2) is 63.6 Å². The van der Waals surface area contributed by atoms with Crippen molar-refractivity contribution in [1.82, 2.24) is 8.61 Å². The molecule has 0 spiro atoms. The topological polar surface area (TPSA) is 74.8 Å². The van der Waals surface area contributed by atoms with Crippen LogP contribution in [0.1, 0.15) is 6.92 Å². The molecule has 8 heteroatoms. The third-order valence-corrected chi connectivity index (χ3v) is 6.50. The Morgan fingerprint density at radius 1 is 1.20 bits per heavy atom. The van der Waals surface area contributed by atoms with Gasteiger partial charge in [0.15, 0.2) is 9.84 Å². The fourth-order valence-electron chi connectivity index (χ4n) is 1.28. The van der Waals surface area contributed by atoms with Crippen molar-refractivity contribution >= 4 is 20.0 Å². The maximum atomic E-state index is 11.5. The quantitative estimate of drug-likeness (QED) is 0.640. The molecule has 90 valence electrons. The van der Waals surface area contributed by atoms with Crippen LogP contribution in [0, 0.1) is 0 Å². The highest BCUT2D eigenvalue weighted by Gasteiger charge is 2.42. The van der Waals surface area contributed by atoms with Gasteiger partial charge in [-0.3, -0.25) is 0 Å². The summed E-state index contributed by atoms with van der Waals surface area (Å²) in [6.07, 6.45) is 0. The van der Waals surface area contributed by atoms with Crippen molar-refractivity contribution in [3.63, 3.8) is 0 Å². The lowest BCUT2D eigenvalue weighted by atomic mass is 10.3. The van der Waals surface area contributed by atoms with Crippen LogP contribution in [0.15, 0.2) is 0 Å². The fraction of sp³-hybridized carbons (Fsp3) is 1.00. The Labute approximate surface area is 91.0 Å². The van der Waals surface area contributed by atoms with Crippen molar-refractivity contribution in [3.05, 3.63) is 0 Å². The number of rotatable bonds is 4. The SMILES string of the molecule is CCS(=O)(=O)C1CN(S(=O)(=O)N(C)C)C1. The molecule has 0 atom stereocenters. The van der Waals surface area contributed by atoms with Gasteiger partial charge >= 0.3 is 0 Å². The number of hydrogen-bond donors (Lipinski definition) is 0. The van der Waals surface area contributed by atoms with E-state index in [1.165, 1.54) is 18.4 Å². The van der Waals surface area contributed by atoms with Crippen LogP contribution in [0.25, 0.3) is 0 Å². The first-order valence-corrected chi connectivity index (χ1v) is 7.72. The Kier molecular flexibility index (Phi) is 3.44. The van der Waals surface area contributed by atoms with E-state index in [-0.39, 0.29) is 18.8 Å². The van der Waals surface area contributed by atoms with E-state index in [1.807, 2.05) is 0 Å². The maximum absolute atomic E-state index is 11.5. The molecule has 0 amide bonds. The molecule has 1 heterocycles. The zero-order valence-corrected chi connectivity index (χ0v) is 10.7. The highest BCUT2D eigenvalue weighted by molar-refractivity contribution is 7.92. The summed E-state index contributed by atoms with van der Waals surface area (Å²) in [5, 5.41) is -0.530. The van der Waals surface area contributed by atoms with Crippen LogP contribution in [0.5, 0.6) is 0 Å². The Morgan fingerprint density at radius 2 is 1.67 bits per heavy atom. The van der Waals surface area contributed by atoms with Crippen molar-refractivity contribution in [2.45, 2.75) is 12.2 Å². The molecule has 0 saturated carbocycles. The van der Waals surface area contributed by atoms with Gasteiger partial charge in [-0.1, -0.05) is 6.92 Å². The van der Waals surface area contributed by atoms with Gasteiger partial charge in [0.1, 0.15) is 0 Å². The molecule has 1 aliphatic heterocycles. The van der Waals surface area contributed by atoms with Crippen LogP contribution >= 0.6 is 0 Å². The average molecular weight is 256 g/mol. The molecule has 0 aromatic carbocycles. The van der Waals surface area contributed by atoms with E-state index >= 15 is 0 Å². The second-order valence-electron chi connectivity index (χ2n) is 3.68. The molecule has 0 bridgehead atoms. The van der Waals surface area contributed by atoms with Gasteiger partial charge in [-0.2, -0.15) is 17.0 Å². The normalized spacial score (nSPS) is 20.5. The van der Waals surface area contributed by atoms with Gasteiger partial charge in [0, 0.05) is 32.9 Å². The van der Waals surface area contributed by atoms with E-state index in [2.05, 4.69) is 0 Å². The van der Waals surface area contributed by atoms with Crippen LogP contribution in [0.3, 0.4) is 0 Å². The molecule has 0 aromatic heterocycles. The Balaban J connectivity index is 2.67. The molecule has 0 radical (unpaired) electrons.